The van der Waals surface area contributed by atoms with Gasteiger partial charge in [-0.25, -0.2) is 4.79 Å². The molecule has 0 saturated heterocycles. The highest BCUT2D eigenvalue weighted by Crippen LogP contribution is 2.21. The zero-order valence-corrected chi connectivity index (χ0v) is 12.5. The van der Waals surface area contributed by atoms with Gasteiger partial charge in [-0.2, -0.15) is 0 Å². The Kier molecular flexibility index (Phi) is 4.43. The predicted octanol–water partition coefficient (Wildman–Crippen LogP) is 3.97. The molecule has 4 nitrogen and oxygen atoms in total. The lowest BCUT2D eigenvalue weighted by Gasteiger charge is -2.08. The second-order valence-corrected chi connectivity index (χ2v) is 5.28. The van der Waals surface area contributed by atoms with Gasteiger partial charge in [-0.05, 0) is 40.1 Å². The normalized spacial score (nSPS) is 10.4. The van der Waals surface area contributed by atoms with Crippen molar-refractivity contribution in [2.24, 2.45) is 0 Å². The molecule has 3 aromatic rings. The molecule has 116 valence electrons. The molecule has 0 heterocycles. The minimum atomic E-state index is -0.445. The van der Waals surface area contributed by atoms with E-state index >= 15 is 0 Å². The van der Waals surface area contributed by atoms with Gasteiger partial charge in [0.15, 0.2) is 0 Å². The summed E-state index contributed by atoms with van der Waals surface area (Å²) in [6, 6.07) is 20.6. The monoisotopic (exact) mass is 307 g/mol. The van der Waals surface area contributed by atoms with E-state index in [9.17, 15) is 9.90 Å². The predicted molar refractivity (Wildman–Crippen MR) is 89.1 cm³/mol. The summed E-state index contributed by atoms with van der Waals surface area (Å²) in [5.41, 5.74) is 1.92. The van der Waals surface area contributed by atoms with Crippen LogP contribution < -0.4 is 5.32 Å². The molecule has 3 aromatic carbocycles. The number of fused-ring (bicyclic) bond motifs is 1. The van der Waals surface area contributed by atoms with Crippen LogP contribution in [0.4, 0.5) is 4.79 Å². The van der Waals surface area contributed by atoms with E-state index in [1.807, 2.05) is 54.6 Å². The number of benzene rings is 3. The van der Waals surface area contributed by atoms with Crippen molar-refractivity contribution in [2.45, 2.75) is 13.2 Å². The molecule has 1 amide bonds. The van der Waals surface area contributed by atoms with E-state index in [1.165, 1.54) is 0 Å². The topological polar surface area (TPSA) is 58.6 Å². The van der Waals surface area contributed by atoms with Crippen molar-refractivity contribution < 1.29 is 14.6 Å². The van der Waals surface area contributed by atoms with Crippen molar-refractivity contribution in [3.05, 3.63) is 77.9 Å². The number of hydrogen-bond acceptors (Lipinski definition) is 3. The molecular formula is C19H17NO3. The Labute approximate surface area is 134 Å². The summed E-state index contributed by atoms with van der Waals surface area (Å²) >= 11 is 0. The van der Waals surface area contributed by atoms with E-state index in [2.05, 4.69) is 5.32 Å². The van der Waals surface area contributed by atoms with Gasteiger partial charge in [-0.15, -0.1) is 0 Å². The number of carbonyl (C=O) groups excluding carboxylic acids is 1. The number of hydrogen-bond donors (Lipinski definition) is 2. The fourth-order valence-corrected chi connectivity index (χ4v) is 2.34. The number of aromatic hydroxyl groups is 1. The molecule has 0 aliphatic heterocycles. The molecule has 0 radical (unpaired) electrons. The molecule has 0 aliphatic rings. The van der Waals surface area contributed by atoms with E-state index < -0.39 is 6.09 Å². The molecule has 0 aromatic heterocycles. The molecule has 0 unspecified atom stereocenters. The highest BCUT2D eigenvalue weighted by atomic mass is 16.5. The SMILES string of the molecule is O=C(NCc1ccc2cc(O)ccc2c1)OCc1ccccc1. The van der Waals surface area contributed by atoms with Crippen molar-refractivity contribution in [3.8, 4) is 5.75 Å². The molecule has 0 saturated carbocycles. The number of rotatable bonds is 4. The van der Waals surface area contributed by atoms with Crippen molar-refractivity contribution in [1.29, 1.82) is 0 Å². The number of ether oxygens (including phenoxy) is 1. The highest BCUT2D eigenvalue weighted by molar-refractivity contribution is 5.84. The Morgan fingerprint density at radius 1 is 0.913 bits per heavy atom. The summed E-state index contributed by atoms with van der Waals surface area (Å²) in [4.78, 5) is 11.7. The minimum absolute atomic E-state index is 0.243. The summed E-state index contributed by atoms with van der Waals surface area (Å²) < 4.78 is 5.17. The molecule has 0 spiro atoms. The van der Waals surface area contributed by atoms with E-state index in [0.29, 0.717) is 6.54 Å². The summed E-state index contributed by atoms with van der Waals surface area (Å²) in [7, 11) is 0. The molecular weight excluding hydrogens is 290 g/mol. The molecule has 0 bridgehead atoms. The maximum absolute atomic E-state index is 11.7. The Hall–Kier alpha value is -3.01. The number of amides is 1. The third kappa shape index (κ3) is 4.01. The van der Waals surface area contributed by atoms with E-state index in [4.69, 9.17) is 4.74 Å². The fourth-order valence-electron chi connectivity index (χ4n) is 2.34. The lowest BCUT2D eigenvalue weighted by Crippen LogP contribution is -2.23. The maximum Gasteiger partial charge on any atom is 0.407 e. The van der Waals surface area contributed by atoms with Crippen LogP contribution in [0.5, 0.6) is 5.75 Å². The Morgan fingerprint density at radius 2 is 1.65 bits per heavy atom. The number of carbonyl (C=O) groups is 1. The van der Waals surface area contributed by atoms with E-state index in [0.717, 1.165) is 21.9 Å². The van der Waals surface area contributed by atoms with Crippen LogP contribution in [0.3, 0.4) is 0 Å². The van der Waals surface area contributed by atoms with Gasteiger partial charge in [0.2, 0.25) is 0 Å². The minimum Gasteiger partial charge on any atom is -0.508 e. The van der Waals surface area contributed by atoms with Crippen LogP contribution in [-0.2, 0) is 17.9 Å². The number of phenols is 1. The van der Waals surface area contributed by atoms with Gasteiger partial charge in [0.25, 0.3) is 0 Å². The van der Waals surface area contributed by atoms with Crippen LogP contribution in [0.15, 0.2) is 66.7 Å². The van der Waals surface area contributed by atoms with Gasteiger partial charge in [-0.1, -0.05) is 48.5 Å². The first-order chi connectivity index (χ1) is 11.2. The first kappa shape index (κ1) is 14.9. The molecule has 2 N–H and O–H groups in total. The lowest BCUT2D eigenvalue weighted by molar-refractivity contribution is 0.139. The van der Waals surface area contributed by atoms with Gasteiger partial charge < -0.3 is 15.2 Å². The van der Waals surface area contributed by atoms with Crippen molar-refractivity contribution in [1.82, 2.24) is 5.32 Å². The smallest absolute Gasteiger partial charge is 0.407 e. The van der Waals surface area contributed by atoms with Gasteiger partial charge in [0.05, 0.1) is 0 Å². The number of nitrogens with one attached hydrogen (secondary N) is 1. The zero-order valence-electron chi connectivity index (χ0n) is 12.5. The van der Waals surface area contributed by atoms with Crippen LogP contribution >= 0.6 is 0 Å². The Balaban J connectivity index is 1.55. The summed E-state index contributed by atoms with van der Waals surface area (Å²) in [5.74, 6) is 0.243. The van der Waals surface area contributed by atoms with Gasteiger partial charge in [0.1, 0.15) is 12.4 Å². The van der Waals surface area contributed by atoms with Crippen molar-refractivity contribution in [2.75, 3.05) is 0 Å². The third-order valence-corrected chi connectivity index (χ3v) is 3.54. The molecule has 0 atom stereocenters. The second-order valence-electron chi connectivity index (χ2n) is 5.28. The molecule has 4 heteroatoms. The van der Waals surface area contributed by atoms with Crippen LogP contribution in [-0.4, -0.2) is 11.2 Å². The second kappa shape index (κ2) is 6.83. The number of phenolic OH excluding ortho intramolecular Hbond substituents is 1. The largest absolute Gasteiger partial charge is 0.508 e. The Bertz CT molecular complexity index is 815. The van der Waals surface area contributed by atoms with Crippen molar-refractivity contribution >= 4 is 16.9 Å². The summed E-state index contributed by atoms with van der Waals surface area (Å²) in [6.07, 6.45) is -0.445. The summed E-state index contributed by atoms with van der Waals surface area (Å²) in [5, 5.41) is 14.2. The lowest BCUT2D eigenvalue weighted by atomic mass is 10.1. The fraction of sp³-hybridized carbons (Fsp3) is 0.105. The molecule has 3 rings (SSSR count). The van der Waals surface area contributed by atoms with Crippen LogP contribution in [0.25, 0.3) is 10.8 Å². The van der Waals surface area contributed by atoms with E-state index in [-0.39, 0.29) is 12.4 Å². The average molecular weight is 307 g/mol. The molecule has 0 fully saturated rings. The quantitative estimate of drug-likeness (QED) is 0.766. The average Bonchev–Trinajstić information content (AvgIpc) is 2.59. The van der Waals surface area contributed by atoms with Crippen LogP contribution in [0.2, 0.25) is 0 Å². The zero-order chi connectivity index (χ0) is 16.1. The first-order valence-corrected chi connectivity index (χ1v) is 7.37. The number of alkyl carbamates (subject to hydrolysis) is 1. The summed E-state index contributed by atoms with van der Waals surface area (Å²) in [6.45, 7) is 0.647. The first-order valence-electron chi connectivity index (χ1n) is 7.37. The third-order valence-electron chi connectivity index (χ3n) is 3.54. The standard InChI is InChI=1S/C19H17NO3/c21-18-9-8-16-10-15(6-7-17(16)11-18)12-20-19(22)23-13-14-4-2-1-3-5-14/h1-11,21H,12-13H2,(H,20,22). The van der Waals surface area contributed by atoms with E-state index in [1.54, 1.807) is 12.1 Å². The molecule has 0 aliphatic carbocycles. The van der Waals surface area contributed by atoms with Gasteiger partial charge in [0, 0.05) is 6.54 Å². The van der Waals surface area contributed by atoms with Crippen LogP contribution in [0.1, 0.15) is 11.1 Å². The molecule has 23 heavy (non-hydrogen) atoms. The van der Waals surface area contributed by atoms with Crippen molar-refractivity contribution in [3.63, 3.8) is 0 Å². The van der Waals surface area contributed by atoms with Gasteiger partial charge in [-0.3, -0.25) is 0 Å². The van der Waals surface area contributed by atoms with Crippen LogP contribution in [0, 0.1) is 0 Å². The Morgan fingerprint density at radius 3 is 2.48 bits per heavy atom. The van der Waals surface area contributed by atoms with Gasteiger partial charge >= 0.3 is 6.09 Å². The highest BCUT2D eigenvalue weighted by Gasteiger charge is 2.04. The maximum atomic E-state index is 11.7.